The second-order valence-corrected chi connectivity index (χ2v) is 10.1. The van der Waals surface area contributed by atoms with E-state index in [1.807, 2.05) is 84.9 Å². The third kappa shape index (κ3) is 3.38. The molecule has 1 amide bonds. The standard InChI is InChI=1S/C26H16ClN3OS2/c27-16-10-13-22-20(14-16)30(19-8-4-5-9-21(19)32-22)26(31)24-23(28)17-11-12-18(29-25(17)33-24)15-6-2-1-3-7-15/h1-14H,28H2. The average molecular weight is 486 g/mol. The Kier molecular flexibility index (Phi) is 4.87. The van der Waals surface area contributed by atoms with E-state index in [2.05, 4.69) is 0 Å². The second kappa shape index (κ2) is 7.92. The van der Waals surface area contributed by atoms with Crippen LogP contribution in [0, 0.1) is 0 Å². The molecule has 33 heavy (non-hydrogen) atoms. The van der Waals surface area contributed by atoms with Gasteiger partial charge >= 0.3 is 0 Å². The third-order valence-electron chi connectivity index (χ3n) is 5.55. The summed E-state index contributed by atoms with van der Waals surface area (Å²) in [6.07, 6.45) is 0. The number of halogens is 1. The van der Waals surface area contributed by atoms with E-state index >= 15 is 0 Å². The fraction of sp³-hybridized carbons (Fsp3) is 0. The highest BCUT2D eigenvalue weighted by atomic mass is 35.5. The first-order chi connectivity index (χ1) is 16.1. The van der Waals surface area contributed by atoms with Crippen molar-refractivity contribution in [2.45, 2.75) is 9.79 Å². The quantitative estimate of drug-likeness (QED) is 0.279. The number of aromatic nitrogens is 1. The molecule has 0 bridgehead atoms. The molecular weight excluding hydrogens is 470 g/mol. The zero-order chi connectivity index (χ0) is 22.5. The van der Waals surface area contributed by atoms with Crippen molar-refractivity contribution in [3.8, 4) is 11.3 Å². The van der Waals surface area contributed by atoms with Gasteiger partial charge in [-0.2, -0.15) is 0 Å². The number of rotatable bonds is 2. The summed E-state index contributed by atoms with van der Waals surface area (Å²) in [7, 11) is 0. The van der Waals surface area contributed by atoms with Crippen molar-refractivity contribution >= 4 is 67.9 Å². The Morgan fingerprint density at radius 1 is 0.879 bits per heavy atom. The lowest BCUT2D eigenvalue weighted by atomic mass is 10.1. The molecule has 0 unspecified atom stereocenters. The molecule has 0 aliphatic carbocycles. The molecule has 3 aromatic carbocycles. The van der Waals surface area contributed by atoms with Gasteiger partial charge in [0.05, 0.1) is 22.8 Å². The van der Waals surface area contributed by atoms with Crippen molar-refractivity contribution < 1.29 is 4.79 Å². The monoisotopic (exact) mass is 485 g/mol. The average Bonchev–Trinajstić information content (AvgIpc) is 3.18. The molecule has 0 atom stereocenters. The van der Waals surface area contributed by atoms with E-state index in [1.165, 1.54) is 11.3 Å². The molecule has 160 valence electrons. The Hall–Kier alpha value is -3.32. The number of carbonyl (C=O) groups is 1. The van der Waals surface area contributed by atoms with Crippen LogP contribution in [0.25, 0.3) is 21.5 Å². The van der Waals surface area contributed by atoms with Gasteiger partial charge < -0.3 is 5.73 Å². The Balaban J connectivity index is 1.49. The summed E-state index contributed by atoms with van der Waals surface area (Å²) in [5.41, 5.74) is 10.4. The van der Waals surface area contributed by atoms with Gasteiger partial charge in [0.15, 0.2) is 0 Å². The first kappa shape index (κ1) is 20.3. The summed E-state index contributed by atoms with van der Waals surface area (Å²) in [6.45, 7) is 0. The zero-order valence-electron chi connectivity index (χ0n) is 17.2. The molecule has 0 fully saturated rings. The maximum absolute atomic E-state index is 14.0. The Morgan fingerprint density at radius 3 is 2.48 bits per heavy atom. The van der Waals surface area contributed by atoms with E-state index in [-0.39, 0.29) is 5.91 Å². The number of hydrogen-bond donors (Lipinski definition) is 1. The largest absolute Gasteiger partial charge is 0.397 e. The van der Waals surface area contributed by atoms with E-state index < -0.39 is 0 Å². The number of nitrogen functional groups attached to an aromatic ring is 1. The Morgan fingerprint density at radius 2 is 1.64 bits per heavy atom. The SMILES string of the molecule is Nc1c(C(=O)N2c3ccccc3Sc3ccc(Cl)cc32)sc2nc(-c3ccccc3)ccc12. The van der Waals surface area contributed by atoms with Gasteiger partial charge in [0.25, 0.3) is 5.91 Å². The van der Waals surface area contributed by atoms with Crippen LogP contribution in [0.3, 0.4) is 0 Å². The van der Waals surface area contributed by atoms with Gasteiger partial charge in [-0.05, 0) is 42.5 Å². The van der Waals surface area contributed by atoms with Crippen molar-refractivity contribution in [3.05, 3.63) is 94.8 Å². The van der Waals surface area contributed by atoms with Crippen LogP contribution in [0.5, 0.6) is 0 Å². The van der Waals surface area contributed by atoms with E-state index in [0.29, 0.717) is 15.6 Å². The summed E-state index contributed by atoms with van der Waals surface area (Å²) >= 11 is 9.26. The molecule has 2 N–H and O–H groups in total. The van der Waals surface area contributed by atoms with Crippen LogP contribution in [-0.2, 0) is 0 Å². The molecule has 0 spiro atoms. The summed E-state index contributed by atoms with van der Waals surface area (Å²) in [4.78, 5) is 23.7. The molecular formula is C26H16ClN3OS2. The number of para-hydroxylation sites is 1. The minimum absolute atomic E-state index is 0.187. The third-order valence-corrected chi connectivity index (χ3v) is 8.02. The second-order valence-electron chi connectivity index (χ2n) is 7.58. The highest BCUT2D eigenvalue weighted by Gasteiger charge is 2.31. The molecule has 6 rings (SSSR count). The minimum atomic E-state index is -0.187. The predicted octanol–water partition coefficient (Wildman–Crippen LogP) is 7.64. The number of anilines is 3. The van der Waals surface area contributed by atoms with Gasteiger partial charge in [0.1, 0.15) is 9.71 Å². The van der Waals surface area contributed by atoms with Crippen molar-refractivity contribution in [2.75, 3.05) is 10.6 Å². The first-order valence-corrected chi connectivity index (χ1v) is 12.3. The van der Waals surface area contributed by atoms with Crippen LogP contribution in [0.15, 0.2) is 94.7 Å². The van der Waals surface area contributed by atoms with Crippen LogP contribution in [0.2, 0.25) is 5.02 Å². The lowest BCUT2D eigenvalue weighted by molar-refractivity contribution is 0.100. The van der Waals surface area contributed by atoms with E-state index in [0.717, 1.165) is 42.6 Å². The maximum Gasteiger partial charge on any atom is 0.275 e. The smallest absolute Gasteiger partial charge is 0.275 e. The number of hydrogen-bond acceptors (Lipinski definition) is 5. The summed E-state index contributed by atoms with van der Waals surface area (Å²) in [5, 5.41) is 1.36. The van der Waals surface area contributed by atoms with Crippen LogP contribution in [0.1, 0.15) is 9.67 Å². The van der Waals surface area contributed by atoms with Gasteiger partial charge in [-0.1, -0.05) is 65.8 Å². The molecule has 1 aliphatic rings. The molecule has 2 aromatic heterocycles. The van der Waals surface area contributed by atoms with Crippen molar-refractivity contribution in [3.63, 3.8) is 0 Å². The van der Waals surface area contributed by atoms with Gasteiger partial charge in [-0.15, -0.1) is 11.3 Å². The van der Waals surface area contributed by atoms with Gasteiger partial charge in [-0.25, -0.2) is 4.98 Å². The number of nitrogens with zero attached hydrogens (tertiary/aromatic N) is 2. The van der Waals surface area contributed by atoms with E-state index in [4.69, 9.17) is 22.3 Å². The van der Waals surface area contributed by atoms with Crippen LogP contribution in [0.4, 0.5) is 17.1 Å². The van der Waals surface area contributed by atoms with E-state index in [9.17, 15) is 4.79 Å². The fourth-order valence-electron chi connectivity index (χ4n) is 3.97. The predicted molar refractivity (Wildman–Crippen MR) is 138 cm³/mol. The Labute approximate surface area is 203 Å². The first-order valence-electron chi connectivity index (χ1n) is 10.3. The Bertz CT molecular complexity index is 1550. The summed E-state index contributed by atoms with van der Waals surface area (Å²) in [6, 6.07) is 27.3. The number of benzene rings is 3. The van der Waals surface area contributed by atoms with Crippen LogP contribution in [-0.4, -0.2) is 10.9 Å². The topological polar surface area (TPSA) is 59.2 Å². The van der Waals surface area contributed by atoms with E-state index in [1.54, 1.807) is 16.7 Å². The number of thiophene rings is 1. The molecule has 7 heteroatoms. The van der Waals surface area contributed by atoms with Crippen molar-refractivity contribution in [2.24, 2.45) is 0 Å². The molecule has 0 radical (unpaired) electrons. The highest BCUT2D eigenvalue weighted by molar-refractivity contribution is 7.99. The van der Waals surface area contributed by atoms with Gasteiger partial charge in [-0.3, -0.25) is 9.69 Å². The number of amides is 1. The van der Waals surface area contributed by atoms with Gasteiger partial charge in [0, 0.05) is 25.8 Å². The summed E-state index contributed by atoms with van der Waals surface area (Å²) in [5.74, 6) is -0.187. The van der Waals surface area contributed by atoms with Gasteiger partial charge in [0.2, 0.25) is 0 Å². The zero-order valence-corrected chi connectivity index (χ0v) is 19.5. The van der Waals surface area contributed by atoms with Crippen molar-refractivity contribution in [1.82, 2.24) is 4.98 Å². The normalized spacial score (nSPS) is 12.5. The number of nitrogens with two attached hydrogens (primary N) is 1. The molecule has 0 saturated carbocycles. The molecule has 0 saturated heterocycles. The summed E-state index contributed by atoms with van der Waals surface area (Å²) < 4.78 is 0. The molecule has 3 heterocycles. The molecule has 5 aromatic rings. The van der Waals surface area contributed by atoms with Crippen LogP contribution < -0.4 is 10.6 Å². The molecule has 1 aliphatic heterocycles. The van der Waals surface area contributed by atoms with Crippen LogP contribution >= 0.6 is 34.7 Å². The lowest BCUT2D eigenvalue weighted by Crippen LogP contribution is -2.28. The highest BCUT2D eigenvalue weighted by Crippen LogP contribution is 2.50. The number of fused-ring (bicyclic) bond motifs is 3. The maximum atomic E-state index is 14.0. The lowest BCUT2D eigenvalue weighted by Gasteiger charge is -2.31. The number of carbonyl (C=O) groups excluding carboxylic acids is 1. The molecule has 4 nitrogen and oxygen atoms in total. The minimum Gasteiger partial charge on any atom is -0.397 e. The van der Waals surface area contributed by atoms with Crippen molar-refractivity contribution in [1.29, 1.82) is 0 Å². The fourth-order valence-corrected chi connectivity index (χ4v) is 6.20. The number of pyridine rings is 1.